The van der Waals surface area contributed by atoms with Crippen molar-refractivity contribution in [1.29, 1.82) is 0 Å². The summed E-state index contributed by atoms with van der Waals surface area (Å²) in [5, 5.41) is 2.76. The average molecular weight is 477 g/mol. The highest BCUT2D eigenvalue weighted by atomic mass is 16.6. The van der Waals surface area contributed by atoms with Crippen LogP contribution in [0, 0.1) is 0 Å². The van der Waals surface area contributed by atoms with Gasteiger partial charge in [0.2, 0.25) is 0 Å². The number of nitrogens with one attached hydrogen (secondary N) is 1. The number of hydrogen-bond acceptors (Lipinski definition) is 5. The fourth-order valence-electron chi connectivity index (χ4n) is 5.18. The Balaban J connectivity index is 1.38. The maximum atomic E-state index is 12.7. The standard InChI is InChI=1S/C29H36N2O4/c1-28(2,3)35-27(33)30-23-10-7-9-22(20-23)24(26(32)34-4)13-17-31-18-15-29(16-19-31)14-12-21-8-5-6-11-25(21)29/h5-12,14,20,24H,13,15-19H2,1-4H3,(H,30,33). The molecule has 6 nitrogen and oxygen atoms in total. The average Bonchev–Trinajstić information content (AvgIpc) is 3.17. The molecule has 1 saturated heterocycles. The number of carbonyl (C=O) groups is 2. The van der Waals surface area contributed by atoms with E-state index in [0.717, 1.165) is 38.0 Å². The molecule has 4 rings (SSSR count). The minimum atomic E-state index is -0.584. The Hall–Kier alpha value is -3.12. The number of anilines is 1. The van der Waals surface area contributed by atoms with Crippen LogP contribution in [0.5, 0.6) is 0 Å². The SMILES string of the molecule is COC(=O)C(CCN1CCC2(C=Cc3ccccc32)CC1)c1cccc(NC(=O)OC(C)(C)C)c1. The van der Waals surface area contributed by atoms with Crippen molar-refractivity contribution in [2.45, 2.75) is 57.0 Å². The van der Waals surface area contributed by atoms with Gasteiger partial charge in [-0.2, -0.15) is 0 Å². The molecule has 2 aromatic carbocycles. The topological polar surface area (TPSA) is 67.9 Å². The van der Waals surface area contributed by atoms with Gasteiger partial charge in [-0.3, -0.25) is 10.1 Å². The van der Waals surface area contributed by atoms with Gasteiger partial charge in [0, 0.05) is 11.1 Å². The van der Waals surface area contributed by atoms with Crippen LogP contribution in [-0.2, 0) is 19.7 Å². The van der Waals surface area contributed by atoms with Gasteiger partial charge in [0.1, 0.15) is 5.60 Å². The maximum Gasteiger partial charge on any atom is 0.412 e. The summed E-state index contributed by atoms with van der Waals surface area (Å²) >= 11 is 0. The number of fused-ring (bicyclic) bond motifs is 2. The van der Waals surface area contributed by atoms with Crippen molar-refractivity contribution in [3.63, 3.8) is 0 Å². The van der Waals surface area contributed by atoms with Crippen LogP contribution < -0.4 is 5.32 Å². The van der Waals surface area contributed by atoms with Crippen molar-refractivity contribution < 1.29 is 19.1 Å². The number of benzene rings is 2. The molecule has 1 aliphatic heterocycles. The second-order valence-electron chi connectivity index (χ2n) is 10.5. The zero-order valence-corrected chi connectivity index (χ0v) is 21.2. The Labute approximate surface area is 208 Å². The largest absolute Gasteiger partial charge is 0.469 e. The minimum Gasteiger partial charge on any atom is -0.469 e. The summed E-state index contributed by atoms with van der Waals surface area (Å²) in [7, 11) is 1.42. The molecule has 2 aromatic rings. The van der Waals surface area contributed by atoms with Crippen LogP contribution >= 0.6 is 0 Å². The molecule has 0 saturated carbocycles. The van der Waals surface area contributed by atoms with E-state index in [2.05, 4.69) is 46.6 Å². The van der Waals surface area contributed by atoms with E-state index in [9.17, 15) is 9.59 Å². The number of esters is 1. The molecule has 0 aromatic heterocycles. The van der Waals surface area contributed by atoms with E-state index >= 15 is 0 Å². The number of methoxy groups -OCH3 is 1. The third-order valence-corrected chi connectivity index (χ3v) is 6.98. The molecule has 1 amide bonds. The Morgan fingerprint density at radius 2 is 1.83 bits per heavy atom. The highest BCUT2D eigenvalue weighted by Gasteiger charge is 2.38. The number of nitrogens with zero attached hydrogens (tertiary/aromatic N) is 1. The molecular formula is C29H36N2O4. The lowest BCUT2D eigenvalue weighted by atomic mass is 9.74. The van der Waals surface area contributed by atoms with E-state index in [1.807, 2.05) is 39.0 Å². The summed E-state index contributed by atoms with van der Waals surface area (Å²) < 4.78 is 10.5. The fourth-order valence-corrected chi connectivity index (χ4v) is 5.18. The van der Waals surface area contributed by atoms with Crippen LogP contribution in [-0.4, -0.2) is 49.3 Å². The number of rotatable bonds is 6. The van der Waals surface area contributed by atoms with E-state index in [1.165, 1.54) is 18.2 Å². The molecule has 1 heterocycles. The molecule has 1 spiro atoms. The molecule has 1 atom stereocenters. The molecule has 2 aliphatic rings. The van der Waals surface area contributed by atoms with Crippen molar-refractivity contribution in [2.75, 3.05) is 32.1 Å². The lowest BCUT2D eigenvalue weighted by Crippen LogP contribution is -2.41. The van der Waals surface area contributed by atoms with Crippen LogP contribution in [0.3, 0.4) is 0 Å². The quantitative estimate of drug-likeness (QED) is 0.539. The van der Waals surface area contributed by atoms with Gasteiger partial charge in [0.15, 0.2) is 0 Å². The summed E-state index contributed by atoms with van der Waals surface area (Å²) in [4.78, 5) is 27.3. The van der Waals surface area contributed by atoms with E-state index in [1.54, 1.807) is 6.07 Å². The normalized spacial score (nSPS) is 17.6. The van der Waals surface area contributed by atoms with Crippen LogP contribution in [0.25, 0.3) is 6.08 Å². The summed E-state index contributed by atoms with van der Waals surface area (Å²) in [6.07, 6.45) is 6.94. The third-order valence-electron chi connectivity index (χ3n) is 6.98. The maximum absolute atomic E-state index is 12.7. The van der Waals surface area contributed by atoms with E-state index in [4.69, 9.17) is 9.47 Å². The van der Waals surface area contributed by atoms with Gasteiger partial charge in [0.25, 0.3) is 0 Å². The summed E-state index contributed by atoms with van der Waals surface area (Å²) in [6, 6.07) is 16.1. The van der Waals surface area contributed by atoms with Crippen LogP contribution in [0.2, 0.25) is 0 Å². The molecule has 6 heteroatoms. The second kappa shape index (κ2) is 10.2. The first kappa shape index (κ1) is 25.0. The lowest BCUT2D eigenvalue weighted by molar-refractivity contribution is -0.142. The van der Waals surface area contributed by atoms with Gasteiger partial charge in [-0.05, 0) is 88.5 Å². The van der Waals surface area contributed by atoms with Crippen LogP contribution in [0.1, 0.15) is 62.6 Å². The molecular weight excluding hydrogens is 440 g/mol. The zero-order chi connectivity index (χ0) is 25.1. The Morgan fingerprint density at radius 3 is 2.54 bits per heavy atom. The van der Waals surface area contributed by atoms with Crippen molar-refractivity contribution in [3.8, 4) is 0 Å². The van der Waals surface area contributed by atoms with Gasteiger partial charge in [0.05, 0.1) is 13.0 Å². The summed E-state index contributed by atoms with van der Waals surface area (Å²) in [5.41, 5.74) is 3.77. The predicted molar refractivity (Wildman–Crippen MR) is 139 cm³/mol. The Kier molecular flexibility index (Phi) is 7.31. The third kappa shape index (κ3) is 5.93. The fraction of sp³-hybridized carbons (Fsp3) is 0.448. The number of likely N-dealkylation sites (tertiary alicyclic amines) is 1. The number of piperidine rings is 1. The molecule has 1 aliphatic carbocycles. The van der Waals surface area contributed by atoms with Crippen molar-refractivity contribution in [1.82, 2.24) is 4.90 Å². The first-order valence-electron chi connectivity index (χ1n) is 12.4. The van der Waals surface area contributed by atoms with E-state index < -0.39 is 17.6 Å². The van der Waals surface area contributed by atoms with Gasteiger partial charge in [-0.15, -0.1) is 0 Å². The van der Waals surface area contributed by atoms with Crippen LogP contribution in [0.15, 0.2) is 54.6 Å². The highest BCUT2D eigenvalue weighted by Crippen LogP contribution is 2.43. The second-order valence-corrected chi connectivity index (χ2v) is 10.5. The van der Waals surface area contributed by atoms with E-state index in [-0.39, 0.29) is 11.4 Å². The molecule has 1 unspecified atom stereocenters. The number of carbonyl (C=O) groups excluding carboxylic acids is 2. The Bertz CT molecular complexity index is 1090. The van der Waals surface area contributed by atoms with Crippen molar-refractivity contribution in [2.24, 2.45) is 0 Å². The molecule has 35 heavy (non-hydrogen) atoms. The van der Waals surface area contributed by atoms with Gasteiger partial charge in [-0.25, -0.2) is 4.79 Å². The summed E-state index contributed by atoms with van der Waals surface area (Å²) in [6.45, 7) is 8.26. The monoisotopic (exact) mass is 476 g/mol. The van der Waals surface area contributed by atoms with Gasteiger partial charge in [-0.1, -0.05) is 48.6 Å². The number of amides is 1. The molecule has 186 valence electrons. The molecule has 0 radical (unpaired) electrons. The van der Waals surface area contributed by atoms with Crippen LogP contribution in [0.4, 0.5) is 10.5 Å². The highest BCUT2D eigenvalue weighted by molar-refractivity contribution is 5.85. The smallest absolute Gasteiger partial charge is 0.412 e. The molecule has 1 fully saturated rings. The zero-order valence-electron chi connectivity index (χ0n) is 21.2. The Morgan fingerprint density at radius 1 is 1.09 bits per heavy atom. The summed E-state index contributed by atoms with van der Waals surface area (Å²) in [5.74, 6) is -0.663. The predicted octanol–water partition coefficient (Wildman–Crippen LogP) is 5.74. The first-order chi connectivity index (χ1) is 16.7. The van der Waals surface area contributed by atoms with Gasteiger partial charge < -0.3 is 14.4 Å². The van der Waals surface area contributed by atoms with Crippen molar-refractivity contribution in [3.05, 3.63) is 71.3 Å². The van der Waals surface area contributed by atoms with Gasteiger partial charge >= 0.3 is 12.1 Å². The lowest BCUT2D eigenvalue weighted by Gasteiger charge is -2.39. The molecule has 0 bridgehead atoms. The first-order valence-corrected chi connectivity index (χ1v) is 12.4. The number of allylic oxidation sites excluding steroid dienone is 1. The van der Waals surface area contributed by atoms with Crippen molar-refractivity contribution >= 4 is 23.8 Å². The molecule has 1 N–H and O–H groups in total. The number of ether oxygens (including phenoxy) is 2. The number of hydrogen-bond donors (Lipinski definition) is 1. The van der Waals surface area contributed by atoms with E-state index in [0.29, 0.717) is 12.1 Å². The minimum absolute atomic E-state index is 0.149.